The summed E-state index contributed by atoms with van der Waals surface area (Å²) in [5.74, 6) is -79.9. The van der Waals surface area contributed by atoms with Crippen molar-refractivity contribution in [2.75, 3.05) is 0 Å². The van der Waals surface area contributed by atoms with Gasteiger partial charge in [-0.1, -0.05) is 12.2 Å². The van der Waals surface area contributed by atoms with Crippen LogP contribution in [0.25, 0.3) is 0 Å². The lowest BCUT2D eigenvalue weighted by Crippen LogP contribution is -2.75. The summed E-state index contributed by atoms with van der Waals surface area (Å²) in [7, 11) is 0. The normalized spacial score (nSPS) is 26.1. The number of hydrogen-bond acceptors (Lipinski definition) is 6. The molecule has 0 aromatic rings. The molecule has 0 aromatic carbocycles. The highest BCUT2D eigenvalue weighted by Crippen LogP contribution is 2.64. The van der Waals surface area contributed by atoms with Crippen molar-refractivity contribution in [3.63, 3.8) is 0 Å². The van der Waals surface area contributed by atoms with Crippen LogP contribution in [0.15, 0.2) is 24.3 Å². The van der Waals surface area contributed by atoms with Gasteiger partial charge in [-0.25, -0.2) is 9.59 Å². The van der Waals surface area contributed by atoms with Gasteiger partial charge in [0.1, 0.15) is 18.3 Å². The van der Waals surface area contributed by atoms with E-state index in [1.165, 1.54) is 0 Å². The molecule has 0 spiro atoms. The standard InChI is InChI=1S/C26H20F22O6/c1-9-8-16(51)54-10(2)12(4-7-15(50)53-11(3)13(5-6-14(49)52-9)18(29,30)25(43,44)45)17(27,28)19(31,32)20(33,34)21(35,36)22(37,38)23(39,40)24(41,42)26(46,47)48/h4-7,9-13H,8H2,1-3H3/b6-5+,7-4+/t9-,10-,11+,12+,13+/m0/s1. The number of hydrogen-bond donors (Lipinski definition) is 0. The van der Waals surface area contributed by atoms with Crippen LogP contribution in [0.3, 0.4) is 0 Å². The molecule has 0 radical (unpaired) electrons. The number of carbonyl (C=O) groups is 3. The minimum Gasteiger partial charge on any atom is -0.462 e. The van der Waals surface area contributed by atoms with Gasteiger partial charge in [0.05, 0.1) is 18.3 Å². The van der Waals surface area contributed by atoms with Gasteiger partial charge in [0, 0.05) is 12.2 Å². The second-order valence-electron chi connectivity index (χ2n) is 11.2. The zero-order chi connectivity index (χ0) is 43.3. The summed E-state index contributed by atoms with van der Waals surface area (Å²) in [6.45, 7) is 0.813. The van der Waals surface area contributed by atoms with E-state index >= 15 is 8.78 Å². The third-order valence-corrected chi connectivity index (χ3v) is 7.24. The van der Waals surface area contributed by atoms with E-state index in [0.717, 1.165) is 0 Å². The molecule has 1 heterocycles. The number of halogens is 22. The van der Waals surface area contributed by atoms with Gasteiger partial charge < -0.3 is 14.2 Å². The second-order valence-corrected chi connectivity index (χ2v) is 11.2. The maximum absolute atomic E-state index is 15.3. The van der Waals surface area contributed by atoms with Gasteiger partial charge in [-0.15, -0.1) is 0 Å². The Morgan fingerprint density at radius 1 is 0.444 bits per heavy atom. The lowest BCUT2D eigenvalue weighted by atomic mass is 9.83. The average molecular weight is 846 g/mol. The summed E-state index contributed by atoms with van der Waals surface area (Å²) in [4.78, 5) is 36.3. The number of esters is 3. The molecular formula is C26H20F22O6. The van der Waals surface area contributed by atoms with Crippen LogP contribution < -0.4 is 0 Å². The van der Waals surface area contributed by atoms with E-state index in [9.17, 15) is 102 Å². The predicted molar refractivity (Wildman–Crippen MR) is 128 cm³/mol. The van der Waals surface area contributed by atoms with Gasteiger partial charge in [-0.3, -0.25) is 4.79 Å². The Bertz CT molecular complexity index is 1450. The Morgan fingerprint density at radius 3 is 1.17 bits per heavy atom. The summed E-state index contributed by atoms with van der Waals surface area (Å²) in [6, 6.07) is 0. The van der Waals surface area contributed by atoms with E-state index in [2.05, 4.69) is 14.2 Å². The van der Waals surface area contributed by atoms with E-state index in [-0.39, 0.29) is 26.0 Å². The first-order valence-corrected chi connectivity index (χ1v) is 13.7. The van der Waals surface area contributed by atoms with Crippen LogP contribution in [-0.4, -0.2) is 96.0 Å². The summed E-state index contributed by atoms with van der Waals surface area (Å²) in [6.07, 6.45) is -26.1. The van der Waals surface area contributed by atoms with E-state index < -0.39 is 126 Å². The second kappa shape index (κ2) is 14.8. The first-order chi connectivity index (χ1) is 23.6. The molecule has 0 fully saturated rings. The van der Waals surface area contributed by atoms with Crippen molar-refractivity contribution in [1.29, 1.82) is 0 Å². The van der Waals surface area contributed by atoms with E-state index in [4.69, 9.17) is 0 Å². The quantitative estimate of drug-likeness (QED) is 0.138. The zero-order valence-electron chi connectivity index (χ0n) is 26.2. The highest BCUT2D eigenvalue weighted by molar-refractivity contribution is 5.83. The van der Waals surface area contributed by atoms with E-state index in [0.29, 0.717) is 6.92 Å². The van der Waals surface area contributed by atoms with E-state index in [1.807, 2.05) is 0 Å². The average Bonchev–Trinajstić information content (AvgIpc) is 2.94. The number of ether oxygens (including phenoxy) is 3. The van der Waals surface area contributed by atoms with Crippen LogP contribution in [0.2, 0.25) is 0 Å². The number of rotatable bonds is 8. The summed E-state index contributed by atoms with van der Waals surface area (Å²) >= 11 is 0. The fraction of sp³-hybridized carbons (Fsp3) is 0.731. The van der Waals surface area contributed by atoms with Crippen molar-refractivity contribution in [3.8, 4) is 0 Å². The molecular weight excluding hydrogens is 826 g/mol. The SMILES string of the molecule is C[C@@H]1OC(=O)C[C@H](C)OC(=O)/C=C/[C@@H](C(F)(F)C(F)(F)F)[C@@H](C)OC(=O)/C=C/[C@H]1C(F)(F)C(F)(F)C(F)(F)C(F)(F)C(F)(F)C(F)(F)C(F)(F)C(F)(F)F. The summed E-state index contributed by atoms with van der Waals surface area (Å²) < 4.78 is 316. The van der Waals surface area contributed by atoms with Crippen LogP contribution in [0, 0.1) is 11.8 Å². The third-order valence-electron chi connectivity index (χ3n) is 7.24. The van der Waals surface area contributed by atoms with Gasteiger partial charge in [0.25, 0.3) is 0 Å². The minimum atomic E-state index is -9.01. The van der Waals surface area contributed by atoms with Crippen molar-refractivity contribution in [2.45, 2.75) is 105 Å². The highest BCUT2D eigenvalue weighted by Gasteiger charge is 2.95. The Hall–Kier alpha value is -3.65. The molecule has 54 heavy (non-hydrogen) atoms. The molecule has 0 aliphatic carbocycles. The Morgan fingerprint density at radius 2 is 0.778 bits per heavy atom. The van der Waals surface area contributed by atoms with Crippen LogP contribution in [-0.2, 0) is 28.6 Å². The zero-order valence-corrected chi connectivity index (χ0v) is 26.2. The molecule has 0 bridgehead atoms. The first kappa shape index (κ1) is 48.4. The highest BCUT2D eigenvalue weighted by atomic mass is 19.4. The third kappa shape index (κ3) is 8.29. The van der Waals surface area contributed by atoms with Crippen molar-refractivity contribution in [2.24, 2.45) is 11.8 Å². The molecule has 0 saturated heterocycles. The topological polar surface area (TPSA) is 78.9 Å². The predicted octanol–water partition coefficient (Wildman–Crippen LogP) is 8.74. The minimum absolute atomic E-state index is 0.0593. The van der Waals surface area contributed by atoms with Crippen molar-refractivity contribution in [1.82, 2.24) is 0 Å². The van der Waals surface area contributed by atoms with Crippen LogP contribution in [0.5, 0.6) is 0 Å². The molecule has 314 valence electrons. The van der Waals surface area contributed by atoms with Crippen molar-refractivity contribution >= 4 is 17.9 Å². The van der Waals surface area contributed by atoms with Crippen LogP contribution in [0.4, 0.5) is 96.6 Å². The lowest BCUT2D eigenvalue weighted by molar-refractivity contribution is -0.463. The Labute approximate surface area is 285 Å². The van der Waals surface area contributed by atoms with Crippen LogP contribution in [0.1, 0.15) is 27.2 Å². The number of alkyl halides is 22. The molecule has 28 heteroatoms. The van der Waals surface area contributed by atoms with E-state index in [1.54, 1.807) is 0 Å². The molecule has 1 rings (SSSR count). The van der Waals surface area contributed by atoms with Gasteiger partial charge in [-0.05, 0) is 20.8 Å². The number of carbonyl (C=O) groups excluding carboxylic acids is 3. The van der Waals surface area contributed by atoms with Crippen molar-refractivity contribution in [3.05, 3.63) is 24.3 Å². The molecule has 0 amide bonds. The Balaban J connectivity index is 3.96. The Kier molecular flexibility index (Phi) is 13.2. The maximum atomic E-state index is 15.3. The molecule has 5 atom stereocenters. The lowest BCUT2D eigenvalue weighted by Gasteiger charge is -2.44. The smallest absolute Gasteiger partial charge is 0.460 e. The summed E-state index contributed by atoms with van der Waals surface area (Å²) in [5.41, 5.74) is 0. The van der Waals surface area contributed by atoms with Gasteiger partial charge in [0.2, 0.25) is 0 Å². The van der Waals surface area contributed by atoms with Crippen molar-refractivity contribution < 1.29 is 125 Å². The number of cyclic esters (lactones) is 3. The molecule has 0 aromatic heterocycles. The summed E-state index contributed by atoms with van der Waals surface area (Å²) in [5, 5.41) is 0. The molecule has 1 aliphatic heterocycles. The van der Waals surface area contributed by atoms with Gasteiger partial charge in [0.15, 0.2) is 0 Å². The monoisotopic (exact) mass is 846 g/mol. The molecule has 6 nitrogen and oxygen atoms in total. The molecule has 0 unspecified atom stereocenters. The van der Waals surface area contributed by atoms with Crippen LogP contribution >= 0.6 is 0 Å². The molecule has 1 aliphatic rings. The van der Waals surface area contributed by atoms with Gasteiger partial charge >= 0.3 is 77.6 Å². The fourth-order valence-corrected chi connectivity index (χ4v) is 4.22. The fourth-order valence-electron chi connectivity index (χ4n) is 4.22. The largest absolute Gasteiger partial charge is 0.462 e. The molecule has 0 saturated carbocycles. The van der Waals surface area contributed by atoms with Gasteiger partial charge in [-0.2, -0.15) is 96.6 Å². The first-order valence-electron chi connectivity index (χ1n) is 13.7. The molecule has 0 N–H and O–H groups in total. The maximum Gasteiger partial charge on any atom is 0.460 e.